The fraction of sp³-hybridized carbons (Fsp3) is 0.579. The van der Waals surface area contributed by atoms with Crippen LogP contribution in [0.4, 0.5) is 4.39 Å². The maximum Gasteiger partial charge on any atom is 0.223 e. The van der Waals surface area contributed by atoms with Crippen LogP contribution in [0.5, 0.6) is 5.75 Å². The van der Waals surface area contributed by atoms with Crippen LogP contribution in [0, 0.1) is 11.7 Å². The van der Waals surface area contributed by atoms with Crippen LogP contribution in [0.1, 0.15) is 44.9 Å². The summed E-state index contributed by atoms with van der Waals surface area (Å²) in [6.07, 6.45) is 6.00. The number of hydrogen-bond acceptors (Lipinski definition) is 4. The van der Waals surface area contributed by atoms with E-state index in [-0.39, 0.29) is 24.2 Å². The van der Waals surface area contributed by atoms with Gasteiger partial charge in [-0.2, -0.15) is 0 Å². The van der Waals surface area contributed by atoms with Crippen LogP contribution >= 0.6 is 0 Å². The lowest BCUT2D eigenvalue weighted by molar-refractivity contribution is -0.131. The number of nitrogens with one attached hydrogen (secondary N) is 1. The average Bonchev–Trinajstić information content (AvgIpc) is 3.13. The third-order valence-electron chi connectivity index (χ3n) is 4.56. The molecule has 0 bridgehead atoms. The molecule has 6 heteroatoms. The van der Waals surface area contributed by atoms with Crippen molar-refractivity contribution in [3.63, 3.8) is 0 Å². The van der Waals surface area contributed by atoms with Crippen molar-refractivity contribution in [2.45, 2.75) is 51.0 Å². The highest BCUT2D eigenvalue weighted by molar-refractivity contribution is 5.90. The van der Waals surface area contributed by atoms with Gasteiger partial charge in [-0.3, -0.25) is 9.59 Å². The fourth-order valence-electron chi connectivity index (χ4n) is 3.10. The zero-order valence-corrected chi connectivity index (χ0v) is 14.5. The van der Waals surface area contributed by atoms with E-state index in [2.05, 4.69) is 5.32 Å². The highest BCUT2D eigenvalue weighted by Gasteiger charge is 2.27. The Labute approximate surface area is 148 Å². The molecule has 1 aliphatic rings. The fourth-order valence-corrected chi connectivity index (χ4v) is 3.10. The Bertz CT molecular complexity index is 574. The van der Waals surface area contributed by atoms with E-state index in [1.165, 1.54) is 18.2 Å². The number of halogens is 1. The summed E-state index contributed by atoms with van der Waals surface area (Å²) in [5.41, 5.74) is 5.51. The number of benzene rings is 1. The first-order valence-corrected chi connectivity index (χ1v) is 9.01. The van der Waals surface area contributed by atoms with Gasteiger partial charge in [0.15, 0.2) is 5.78 Å². The number of amides is 1. The number of carbonyl (C=O) groups is 2. The van der Waals surface area contributed by atoms with E-state index in [4.69, 9.17) is 10.5 Å². The Morgan fingerprint density at radius 3 is 2.72 bits per heavy atom. The first-order chi connectivity index (χ1) is 12.1. The van der Waals surface area contributed by atoms with Crippen molar-refractivity contribution in [2.24, 2.45) is 11.7 Å². The Kier molecular flexibility index (Phi) is 7.85. The van der Waals surface area contributed by atoms with Gasteiger partial charge in [0.25, 0.3) is 0 Å². The number of carbonyl (C=O) groups excluding carboxylic acids is 2. The van der Waals surface area contributed by atoms with E-state index in [9.17, 15) is 14.0 Å². The predicted octanol–water partition coefficient (Wildman–Crippen LogP) is 2.58. The molecular weight excluding hydrogens is 323 g/mol. The zero-order chi connectivity index (χ0) is 18.1. The van der Waals surface area contributed by atoms with E-state index in [1.807, 2.05) is 0 Å². The van der Waals surface area contributed by atoms with Crippen LogP contribution in [0.3, 0.4) is 0 Å². The molecule has 25 heavy (non-hydrogen) atoms. The first kappa shape index (κ1) is 19.4. The molecule has 0 radical (unpaired) electrons. The molecular formula is C19H27FN2O3. The normalized spacial score (nSPS) is 15.8. The molecule has 138 valence electrons. The summed E-state index contributed by atoms with van der Waals surface area (Å²) >= 11 is 0. The third-order valence-corrected chi connectivity index (χ3v) is 4.56. The average molecular weight is 350 g/mol. The third kappa shape index (κ3) is 6.46. The molecule has 2 rings (SSSR count). The van der Waals surface area contributed by atoms with E-state index >= 15 is 0 Å². The topological polar surface area (TPSA) is 81.4 Å². The molecule has 3 N–H and O–H groups in total. The minimum atomic E-state index is -0.576. The van der Waals surface area contributed by atoms with Crippen LogP contribution in [-0.2, 0) is 9.59 Å². The van der Waals surface area contributed by atoms with Crippen LogP contribution in [0.25, 0.3) is 0 Å². The highest BCUT2D eigenvalue weighted by atomic mass is 19.1. The van der Waals surface area contributed by atoms with Crippen LogP contribution in [0.15, 0.2) is 24.3 Å². The van der Waals surface area contributed by atoms with Crippen molar-refractivity contribution in [3.05, 3.63) is 30.1 Å². The smallest absolute Gasteiger partial charge is 0.223 e. The lowest BCUT2D eigenvalue weighted by atomic mass is 10.0. The standard InChI is InChI=1S/C19H27FN2O3/c20-15-8-5-9-16(12-15)25-13-18(23)17(10-3-4-11-21)22-19(24)14-6-1-2-7-14/h5,8-9,12,14,17H,1-4,6-7,10-11,13,21H2,(H,22,24). The molecule has 1 aromatic rings. The molecule has 1 atom stereocenters. The van der Waals surface area contributed by atoms with Crippen molar-refractivity contribution in [2.75, 3.05) is 13.2 Å². The van der Waals surface area contributed by atoms with Crippen molar-refractivity contribution in [1.82, 2.24) is 5.32 Å². The maximum atomic E-state index is 13.2. The number of nitrogens with two attached hydrogens (primary N) is 1. The summed E-state index contributed by atoms with van der Waals surface area (Å²) in [7, 11) is 0. The molecule has 1 unspecified atom stereocenters. The summed E-state index contributed by atoms with van der Waals surface area (Å²) in [4.78, 5) is 24.8. The summed E-state index contributed by atoms with van der Waals surface area (Å²) in [5, 5.41) is 2.88. The molecule has 5 nitrogen and oxygen atoms in total. The van der Waals surface area contributed by atoms with E-state index in [0.29, 0.717) is 18.7 Å². The van der Waals surface area contributed by atoms with Gasteiger partial charge in [0.05, 0.1) is 6.04 Å². The Morgan fingerprint density at radius 1 is 1.28 bits per heavy atom. The Morgan fingerprint density at radius 2 is 2.04 bits per heavy atom. The molecule has 1 fully saturated rings. The molecule has 0 heterocycles. The maximum absolute atomic E-state index is 13.2. The molecule has 1 aliphatic carbocycles. The summed E-state index contributed by atoms with van der Waals surface area (Å²) in [6, 6.07) is 5.08. The van der Waals surface area contributed by atoms with Gasteiger partial charge in [-0.15, -0.1) is 0 Å². The quantitative estimate of drug-likeness (QED) is 0.636. The molecule has 0 saturated heterocycles. The van der Waals surface area contributed by atoms with Crippen molar-refractivity contribution < 1.29 is 18.7 Å². The summed E-state index contributed by atoms with van der Waals surface area (Å²) in [5.74, 6) is -0.355. The van der Waals surface area contributed by atoms with Crippen molar-refractivity contribution in [3.8, 4) is 5.75 Å². The van der Waals surface area contributed by atoms with Gasteiger partial charge >= 0.3 is 0 Å². The number of hydrogen-bond donors (Lipinski definition) is 2. The number of ether oxygens (including phenoxy) is 1. The summed E-state index contributed by atoms with van der Waals surface area (Å²) in [6.45, 7) is 0.360. The predicted molar refractivity (Wildman–Crippen MR) is 93.7 cm³/mol. The number of ketones is 1. The van der Waals surface area contributed by atoms with Gasteiger partial charge < -0.3 is 15.8 Å². The molecule has 1 saturated carbocycles. The van der Waals surface area contributed by atoms with E-state index in [1.54, 1.807) is 6.07 Å². The van der Waals surface area contributed by atoms with Gasteiger partial charge in [0.2, 0.25) is 5.91 Å². The lowest BCUT2D eigenvalue weighted by Gasteiger charge is -2.20. The van der Waals surface area contributed by atoms with Gasteiger partial charge in [-0.25, -0.2) is 4.39 Å². The second-order valence-electron chi connectivity index (χ2n) is 6.54. The zero-order valence-electron chi connectivity index (χ0n) is 14.5. The Hall–Kier alpha value is -1.95. The largest absolute Gasteiger partial charge is 0.486 e. The highest BCUT2D eigenvalue weighted by Crippen LogP contribution is 2.25. The number of rotatable bonds is 10. The van der Waals surface area contributed by atoms with Gasteiger partial charge in [0, 0.05) is 12.0 Å². The van der Waals surface area contributed by atoms with Crippen LogP contribution in [-0.4, -0.2) is 30.9 Å². The van der Waals surface area contributed by atoms with Crippen molar-refractivity contribution in [1.29, 1.82) is 0 Å². The van der Waals surface area contributed by atoms with Gasteiger partial charge in [-0.05, 0) is 50.8 Å². The lowest BCUT2D eigenvalue weighted by Crippen LogP contribution is -2.45. The van der Waals surface area contributed by atoms with E-state index in [0.717, 1.165) is 38.5 Å². The second kappa shape index (κ2) is 10.1. The minimum Gasteiger partial charge on any atom is -0.486 e. The number of Topliss-reactive ketones (excluding diaryl/α,β-unsaturated/α-hetero) is 1. The molecule has 0 aliphatic heterocycles. The first-order valence-electron chi connectivity index (χ1n) is 9.01. The second-order valence-corrected chi connectivity index (χ2v) is 6.54. The molecule has 0 spiro atoms. The van der Waals surface area contributed by atoms with Crippen LogP contribution in [0.2, 0.25) is 0 Å². The van der Waals surface area contributed by atoms with Gasteiger partial charge in [-0.1, -0.05) is 18.9 Å². The van der Waals surface area contributed by atoms with Crippen molar-refractivity contribution >= 4 is 11.7 Å². The van der Waals surface area contributed by atoms with Gasteiger partial charge in [0.1, 0.15) is 18.2 Å². The molecule has 0 aromatic heterocycles. The Balaban J connectivity index is 1.90. The summed E-state index contributed by atoms with van der Waals surface area (Å²) < 4.78 is 18.5. The van der Waals surface area contributed by atoms with E-state index < -0.39 is 11.9 Å². The number of unbranched alkanes of at least 4 members (excludes halogenated alkanes) is 1. The molecule has 1 amide bonds. The monoisotopic (exact) mass is 350 g/mol. The minimum absolute atomic E-state index is 0.00828. The van der Waals surface area contributed by atoms with Crippen LogP contribution < -0.4 is 15.8 Å². The SMILES string of the molecule is NCCCCC(NC(=O)C1CCCC1)C(=O)COc1cccc(F)c1. The molecule has 1 aromatic carbocycles.